The quantitative estimate of drug-likeness (QED) is 0.585. The van der Waals surface area contributed by atoms with E-state index in [9.17, 15) is 0 Å². The van der Waals surface area contributed by atoms with Crippen LogP contribution in [0.5, 0.6) is 0 Å². The Hall–Kier alpha value is -1.99. The van der Waals surface area contributed by atoms with Gasteiger partial charge in [0.05, 0.1) is 12.2 Å². The zero-order chi connectivity index (χ0) is 19.1. The predicted molar refractivity (Wildman–Crippen MR) is 111 cm³/mol. The van der Waals surface area contributed by atoms with E-state index in [2.05, 4.69) is 45.9 Å². The summed E-state index contributed by atoms with van der Waals surface area (Å²) in [6, 6.07) is 8.16. The van der Waals surface area contributed by atoms with E-state index in [1.165, 1.54) is 5.56 Å². The maximum absolute atomic E-state index is 5.62. The van der Waals surface area contributed by atoms with Gasteiger partial charge in [-0.1, -0.05) is 17.7 Å². The van der Waals surface area contributed by atoms with Crippen LogP contribution in [0.1, 0.15) is 24.1 Å². The monoisotopic (exact) mass is 388 g/mol. The van der Waals surface area contributed by atoms with E-state index in [1.807, 2.05) is 23.9 Å². The Balaban J connectivity index is 1.53. The fourth-order valence-corrected chi connectivity index (χ4v) is 3.84. The third-order valence-corrected chi connectivity index (χ3v) is 6.34. The molecule has 0 unspecified atom stereocenters. The average molecular weight is 389 g/mol. The largest absolute Gasteiger partial charge is 0.444 e. The summed E-state index contributed by atoms with van der Waals surface area (Å²) < 4.78 is 11.3. The lowest BCUT2D eigenvalue weighted by molar-refractivity contribution is 0.0783. The molecule has 0 amide bonds. The number of aryl methyl sites for hydroxylation is 1. The standard InChI is InChI=1S/C20H28N4O2S/c1-15-4-6-16(7-5-15)18-24-17(13-26-18)12-22-19(21-2)23-14-20(27-3)8-10-25-11-9-20/h4-7,13H,8-12,14H2,1-3H3,(H2,21,22,23). The van der Waals surface area contributed by atoms with Crippen molar-refractivity contribution in [3.05, 3.63) is 41.8 Å². The van der Waals surface area contributed by atoms with Crippen molar-refractivity contribution in [2.24, 2.45) is 4.99 Å². The van der Waals surface area contributed by atoms with Crippen LogP contribution < -0.4 is 10.6 Å². The molecule has 0 atom stereocenters. The van der Waals surface area contributed by atoms with Crippen LogP contribution in [-0.2, 0) is 11.3 Å². The Bertz CT molecular complexity index is 752. The van der Waals surface area contributed by atoms with Gasteiger partial charge in [0.2, 0.25) is 5.89 Å². The van der Waals surface area contributed by atoms with Gasteiger partial charge in [-0.05, 0) is 38.2 Å². The van der Waals surface area contributed by atoms with Gasteiger partial charge in [0.15, 0.2) is 5.96 Å². The summed E-state index contributed by atoms with van der Waals surface area (Å²) >= 11 is 1.91. The van der Waals surface area contributed by atoms with Gasteiger partial charge in [0.25, 0.3) is 0 Å². The second-order valence-electron chi connectivity index (χ2n) is 6.79. The predicted octanol–water partition coefficient (Wildman–Crippen LogP) is 3.23. The molecular weight excluding hydrogens is 360 g/mol. The fraction of sp³-hybridized carbons (Fsp3) is 0.500. The van der Waals surface area contributed by atoms with E-state index in [4.69, 9.17) is 9.15 Å². The number of aliphatic imine (C=N–C) groups is 1. The Labute approximate surface area is 165 Å². The third kappa shape index (κ3) is 5.26. The molecule has 6 nitrogen and oxygen atoms in total. The van der Waals surface area contributed by atoms with Gasteiger partial charge in [0.1, 0.15) is 6.26 Å². The number of nitrogens with one attached hydrogen (secondary N) is 2. The number of ether oxygens (including phenoxy) is 1. The summed E-state index contributed by atoms with van der Waals surface area (Å²) in [4.78, 5) is 8.89. The molecule has 0 bridgehead atoms. The van der Waals surface area contributed by atoms with Crippen LogP contribution >= 0.6 is 11.8 Å². The highest BCUT2D eigenvalue weighted by Gasteiger charge is 2.31. The SMILES string of the molecule is CN=C(NCc1coc(-c2ccc(C)cc2)n1)NCC1(SC)CCOCC1. The second kappa shape index (κ2) is 9.28. The molecular formula is C20H28N4O2S. The maximum Gasteiger partial charge on any atom is 0.226 e. The highest BCUT2D eigenvalue weighted by molar-refractivity contribution is 8.00. The van der Waals surface area contributed by atoms with E-state index < -0.39 is 0 Å². The minimum atomic E-state index is 0.211. The van der Waals surface area contributed by atoms with E-state index in [0.29, 0.717) is 12.4 Å². The lowest BCUT2D eigenvalue weighted by Gasteiger charge is -2.36. The molecule has 7 heteroatoms. The summed E-state index contributed by atoms with van der Waals surface area (Å²) in [5, 5.41) is 6.77. The topological polar surface area (TPSA) is 71.7 Å². The molecule has 1 aromatic carbocycles. The van der Waals surface area contributed by atoms with Crippen LogP contribution in [-0.4, -0.2) is 48.8 Å². The summed E-state index contributed by atoms with van der Waals surface area (Å²) in [6.45, 7) is 5.15. The number of benzene rings is 1. The Morgan fingerprint density at radius 1 is 1.22 bits per heavy atom. The van der Waals surface area contributed by atoms with Gasteiger partial charge in [-0.25, -0.2) is 4.98 Å². The van der Waals surface area contributed by atoms with Gasteiger partial charge in [0, 0.05) is 37.1 Å². The molecule has 1 aliphatic heterocycles. The number of thioether (sulfide) groups is 1. The number of hydrogen-bond donors (Lipinski definition) is 2. The third-order valence-electron chi connectivity index (χ3n) is 4.93. The molecule has 2 N–H and O–H groups in total. The lowest BCUT2D eigenvalue weighted by Crippen LogP contribution is -2.47. The van der Waals surface area contributed by atoms with Gasteiger partial charge < -0.3 is 19.8 Å². The molecule has 27 heavy (non-hydrogen) atoms. The molecule has 1 aromatic heterocycles. The van der Waals surface area contributed by atoms with E-state index >= 15 is 0 Å². The van der Waals surface area contributed by atoms with E-state index in [1.54, 1.807) is 13.3 Å². The number of oxazole rings is 1. The molecule has 1 fully saturated rings. The first kappa shape index (κ1) is 19.8. The zero-order valence-corrected chi connectivity index (χ0v) is 17.1. The first-order valence-corrected chi connectivity index (χ1v) is 10.5. The van der Waals surface area contributed by atoms with Crippen LogP contribution in [0, 0.1) is 6.92 Å². The van der Waals surface area contributed by atoms with E-state index in [0.717, 1.165) is 49.8 Å². The molecule has 0 aliphatic carbocycles. The fourth-order valence-electron chi connectivity index (χ4n) is 3.05. The van der Waals surface area contributed by atoms with Gasteiger partial charge in [-0.15, -0.1) is 0 Å². The average Bonchev–Trinajstić information content (AvgIpc) is 3.18. The first-order valence-electron chi connectivity index (χ1n) is 9.23. The van der Waals surface area contributed by atoms with Crippen molar-refractivity contribution >= 4 is 17.7 Å². The van der Waals surface area contributed by atoms with Crippen molar-refractivity contribution < 1.29 is 9.15 Å². The van der Waals surface area contributed by atoms with Gasteiger partial charge >= 0.3 is 0 Å². The summed E-state index contributed by atoms with van der Waals surface area (Å²) in [6.07, 6.45) is 5.98. The molecule has 0 spiro atoms. The minimum Gasteiger partial charge on any atom is -0.444 e. The molecule has 2 aromatic rings. The van der Waals surface area contributed by atoms with Crippen molar-refractivity contribution in [1.29, 1.82) is 0 Å². The molecule has 146 valence electrons. The van der Waals surface area contributed by atoms with Gasteiger partial charge in [-0.3, -0.25) is 4.99 Å². The molecule has 0 radical (unpaired) electrons. The zero-order valence-electron chi connectivity index (χ0n) is 16.2. The molecule has 1 aliphatic rings. The molecule has 2 heterocycles. The highest BCUT2D eigenvalue weighted by Crippen LogP contribution is 2.32. The van der Waals surface area contributed by atoms with Crippen molar-refractivity contribution in [3.63, 3.8) is 0 Å². The number of guanidine groups is 1. The number of nitrogens with zero attached hydrogens (tertiary/aromatic N) is 2. The Morgan fingerprint density at radius 3 is 2.63 bits per heavy atom. The van der Waals surface area contributed by atoms with Crippen LogP contribution in [0.25, 0.3) is 11.5 Å². The van der Waals surface area contributed by atoms with Crippen molar-refractivity contribution in [2.45, 2.75) is 31.1 Å². The van der Waals surface area contributed by atoms with Crippen LogP contribution in [0.2, 0.25) is 0 Å². The smallest absolute Gasteiger partial charge is 0.226 e. The first-order chi connectivity index (χ1) is 13.1. The second-order valence-corrected chi connectivity index (χ2v) is 8.06. The summed E-state index contributed by atoms with van der Waals surface area (Å²) in [7, 11) is 1.78. The molecule has 1 saturated heterocycles. The van der Waals surface area contributed by atoms with Crippen LogP contribution in [0.15, 0.2) is 39.9 Å². The Morgan fingerprint density at radius 2 is 1.96 bits per heavy atom. The maximum atomic E-state index is 5.62. The number of aromatic nitrogens is 1. The van der Waals surface area contributed by atoms with Crippen molar-refractivity contribution in [1.82, 2.24) is 15.6 Å². The highest BCUT2D eigenvalue weighted by atomic mass is 32.2. The van der Waals surface area contributed by atoms with Crippen LogP contribution in [0.3, 0.4) is 0 Å². The van der Waals surface area contributed by atoms with Crippen molar-refractivity contribution in [2.75, 3.05) is 33.1 Å². The normalized spacial score (nSPS) is 16.9. The number of hydrogen-bond acceptors (Lipinski definition) is 5. The summed E-state index contributed by atoms with van der Waals surface area (Å²) in [5.74, 6) is 1.41. The van der Waals surface area contributed by atoms with Crippen molar-refractivity contribution in [3.8, 4) is 11.5 Å². The molecule has 0 saturated carbocycles. The Kier molecular flexibility index (Phi) is 6.79. The summed E-state index contributed by atoms with van der Waals surface area (Å²) in [5.41, 5.74) is 3.05. The molecule has 3 rings (SSSR count). The number of rotatable bonds is 6. The van der Waals surface area contributed by atoms with Gasteiger partial charge in [-0.2, -0.15) is 11.8 Å². The lowest BCUT2D eigenvalue weighted by atomic mass is 9.99. The minimum absolute atomic E-state index is 0.211. The van der Waals surface area contributed by atoms with E-state index in [-0.39, 0.29) is 4.75 Å². The van der Waals surface area contributed by atoms with Crippen LogP contribution in [0.4, 0.5) is 0 Å².